The highest BCUT2D eigenvalue weighted by Gasteiger charge is 2.50. The Balaban J connectivity index is 1.86. The molecule has 1 aliphatic heterocycles. The van der Waals surface area contributed by atoms with E-state index in [0.29, 0.717) is 17.8 Å². The Bertz CT molecular complexity index is 1410. The Morgan fingerprint density at radius 1 is 1.22 bits per heavy atom. The maximum absolute atomic E-state index is 15.0. The molecule has 1 aliphatic rings. The summed E-state index contributed by atoms with van der Waals surface area (Å²) in [6, 6.07) is 7.12. The molecule has 10 heteroatoms. The number of halogens is 2. The van der Waals surface area contributed by atoms with Gasteiger partial charge in [0.05, 0.1) is 17.9 Å². The first-order valence-electron chi connectivity index (χ1n) is 9.67. The van der Waals surface area contributed by atoms with Gasteiger partial charge in [-0.3, -0.25) is 18.9 Å². The smallest absolute Gasteiger partial charge is 0.259 e. The number of thiocarbonyl (C=S) groups is 1. The molecule has 0 bridgehead atoms. The quantitative estimate of drug-likeness (QED) is 0.417. The standard InChI is InChI=1S/C22H17ClFN5O2S/c1-5-12-8-18(30)27-11-14(10-16(24)19(27)26-12)29-21(32)28(20(31)22(29,2)3)13-6-7-17(25-4)15(23)9-13/h6-11H,5H2,1-3H3. The van der Waals surface area contributed by atoms with Crippen LogP contribution in [0, 0.1) is 12.4 Å². The topological polar surface area (TPSA) is 62.3 Å². The van der Waals surface area contributed by atoms with Gasteiger partial charge >= 0.3 is 0 Å². The molecule has 1 aromatic carbocycles. The molecule has 3 heterocycles. The van der Waals surface area contributed by atoms with Crippen LogP contribution in [-0.4, -0.2) is 25.9 Å². The Kier molecular flexibility index (Phi) is 5.23. The Morgan fingerprint density at radius 3 is 2.56 bits per heavy atom. The van der Waals surface area contributed by atoms with Crippen molar-refractivity contribution in [2.24, 2.45) is 0 Å². The first-order valence-corrected chi connectivity index (χ1v) is 10.5. The van der Waals surface area contributed by atoms with E-state index in [-0.39, 0.29) is 33.1 Å². The van der Waals surface area contributed by atoms with E-state index >= 15 is 0 Å². The van der Waals surface area contributed by atoms with Crippen LogP contribution in [0.25, 0.3) is 10.5 Å². The number of pyridine rings is 1. The largest absolute Gasteiger partial charge is 0.302 e. The second-order valence-electron chi connectivity index (χ2n) is 7.74. The van der Waals surface area contributed by atoms with Crippen molar-refractivity contribution in [1.29, 1.82) is 0 Å². The van der Waals surface area contributed by atoms with E-state index in [9.17, 15) is 14.0 Å². The van der Waals surface area contributed by atoms with Gasteiger partial charge in [0.25, 0.3) is 11.5 Å². The Labute approximate surface area is 193 Å². The Morgan fingerprint density at radius 2 is 1.94 bits per heavy atom. The number of hydrogen-bond donors (Lipinski definition) is 0. The monoisotopic (exact) mass is 469 g/mol. The van der Waals surface area contributed by atoms with Gasteiger partial charge < -0.3 is 4.90 Å². The number of aromatic nitrogens is 2. The normalized spacial score (nSPS) is 15.5. The third-order valence-corrected chi connectivity index (χ3v) is 6.02. The lowest BCUT2D eigenvalue weighted by Crippen LogP contribution is -2.44. The zero-order chi connectivity index (χ0) is 23.4. The summed E-state index contributed by atoms with van der Waals surface area (Å²) in [4.78, 5) is 36.2. The molecule has 1 amide bonds. The van der Waals surface area contributed by atoms with E-state index in [1.807, 2.05) is 6.92 Å². The molecule has 3 aromatic rings. The molecule has 0 spiro atoms. The van der Waals surface area contributed by atoms with Crippen molar-refractivity contribution in [2.75, 3.05) is 9.80 Å². The van der Waals surface area contributed by atoms with E-state index in [0.717, 1.165) is 4.40 Å². The SMILES string of the molecule is [C-]#[N+]c1ccc(N2C(=O)C(C)(C)N(c3cc(F)c4nc(CC)cc(=O)n4c3)C2=S)cc1Cl. The molecule has 0 radical (unpaired) electrons. The Hall–Kier alpha value is -3.35. The van der Waals surface area contributed by atoms with Crippen LogP contribution >= 0.6 is 23.8 Å². The van der Waals surface area contributed by atoms with Crippen molar-refractivity contribution in [2.45, 2.75) is 32.7 Å². The number of carbonyl (C=O) groups excluding carboxylic acids is 1. The average molecular weight is 470 g/mol. The molecule has 1 saturated heterocycles. The second-order valence-corrected chi connectivity index (χ2v) is 8.52. The zero-order valence-corrected chi connectivity index (χ0v) is 19.0. The maximum atomic E-state index is 15.0. The average Bonchev–Trinajstić information content (AvgIpc) is 2.92. The minimum absolute atomic E-state index is 0.0919. The molecule has 32 heavy (non-hydrogen) atoms. The van der Waals surface area contributed by atoms with Crippen LogP contribution in [-0.2, 0) is 11.2 Å². The summed E-state index contributed by atoms with van der Waals surface area (Å²) in [6.07, 6.45) is 1.92. The fraction of sp³-hybridized carbons (Fsp3) is 0.227. The van der Waals surface area contributed by atoms with Gasteiger partial charge in [-0.05, 0) is 44.6 Å². The number of aryl methyl sites for hydroxylation is 1. The third-order valence-electron chi connectivity index (χ3n) is 5.35. The van der Waals surface area contributed by atoms with Gasteiger partial charge in [-0.1, -0.05) is 24.6 Å². The van der Waals surface area contributed by atoms with E-state index in [1.54, 1.807) is 19.9 Å². The molecule has 0 saturated carbocycles. The van der Waals surface area contributed by atoms with Gasteiger partial charge in [-0.2, -0.15) is 0 Å². The van der Waals surface area contributed by atoms with E-state index in [4.69, 9.17) is 30.4 Å². The summed E-state index contributed by atoms with van der Waals surface area (Å²) in [5, 5.41) is 0.280. The lowest BCUT2D eigenvalue weighted by Gasteiger charge is -2.29. The van der Waals surface area contributed by atoms with Gasteiger partial charge in [0, 0.05) is 29.0 Å². The number of carbonyl (C=O) groups is 1. The highest BCUT2D eigenvalue weighted by molar-refractivity contribution is 7.81. The van der Waals surface area contributed by atoms with Crippen LogP contribution in [0.15, 0.2) is 41.3 Å². The number of hydrogen-bond acceptors (Lipinski definition) is 4. The molecular weight excluding hydrogens is 453 g/mol. The summed E-state index contributed by atoms with van der Waals surface area (Å²) in [7, 11) is 0. The highest BCUT2D eigenvalue weighted by Crippen LogP contribution is 2.38. The van der Waals surface area contributed by atoms with Crippen LogP contribution in [0.2, 0.25) is 5.02 Å². The van der Waals surface area contributed by atoms with Gasteiger partial charge in [0.2, 0.25) is 5.69 Å². The van der Waals surface area contributed by atoms with Gasteiger partial charge in [0.15, 0.2) is 16.6 Å². The first kappa shape index (κ1) is 21.9. The van der Waals surface area contributed by atoms with Crippen LogP contribution in [0.4, 0.5) is 21.5 Å². The van der Waals surface area contributed by atoms with Gasteiger partial charge in [-0.15, -0.1) is 0 Å². The minimum Gasteiger partial charge on any atom is -0.302 e. The number of nitrogens with zero attached hydrogens (tertiary/aromatic N) is 5. The molecule has 4 rings (SSSR count). The molecule has 0 atom stereocenters. The number of fused-ring (bicyclic) bond motifs is 1. The maximum Gasteiger partial charge on any atom is 0.259 e. The van der Waals surface area contributed by atoms with Gasteiger partial charge in [0.1, 0.15) is 5.54 Å². The lowest BCUT2D eigenvalue weighted by atomic mass is 10.0. The van der Waals surface area contributed by atoms with Crippen LogP contribution in [0.5, 0.6) is 0 Å². The molecule has 7 nitrogen and oxygen atoms in total. The fourth-order valence-corrected chi connectivity index (χ4v) is 4.42. The number of benzene rings is 1. The summed E-state index contributed by atoms with van der Waals surface area (Å²) in [5.41, 5.74) is -0.342. The summed E-state index contributed by atoms with van der Waals surface area (Å²) < 4.78 is 16.1. The van der Waals surface area contributed by atoms with E-state index in [1.165, 1.54) is 40.3 Å². The molecule has 2 aromatic heterocycles. The predicted molar refractivity (Wildman–Crippen MR) is 125 cm³/mol. The molecule has 162 valence electrons. The molecule has 0 aliphatic carbocycles. The van der Waals surface area contributed by atoms with Crippen molar-refractivity contribution in [3.8, 4) is 0 Å². The number of amides is 1. The van der Waals surface area contributed by atoms with Crippen molar-refractivity contribution in [3.63, 3.8) is 0 Å². The minimum atomic E-state index is -1.18. The van der Waals surface area contributed by atoms with Crippen LogP contribution in [0.3, 0.4) is 0 Å². The first-order chi connectivity index (χ1) is 15.1. The van der Waals surface area contributed by atoms with Crippen molar-refractivity contribution in [1.82, 2.24) is 9.38 Å². The van der Waals surface area contributed by atoms with Crippen molar-refractivity contribution < 1.29 is 9.18 Å². The zero-order valence-electron chi connectivity index (χ0n) is 17.4. The van der Waals surface area contributed by atoms with Crippen molar-refractivity contribution >= 4 is 57.5 Å². The molecule has 0 N–H and O–H groups in total. The van der Waals surface area contributed by atoms with Crippen LogP contribution in [0.1, 0.15) is 26.5 Å². The summed E-state index contributed by atoms with van der Waals surface area (Å²) >= 11 is 11.7. The third kappa shape index (κ3) is 3.23. The van der Waals surface area contributed by atoms with Crippen molar-refractivity contribution in [3.05, 3.63) is 74.8 Å². The molecule has 1 fully saturated rings. The van der Waals surface area contributed by atoms with E-state index < -0.39 is 16.9 Å². The molecule has 0 unspecified atom stereocenters. The predicted octanol–water partition coefficient (Wildman–Crippen LogP) is 4.52. The lowest BCUT2D eigenvalue weighted by molar-refractivity contribution is -0.120. The molecular formula is C22H17ClFN5O2S. The van der Waals surface area contributed by atoms with Crippen LogP contribution < -0.4 is 15.4 Å². The summed E-state index contributed by atoms with van der Waals surface area (Å²) in [6.45, 7) is 12.3. The number of rotatable bonds is 3. The highest BCUT2D eigenvalue weighted by atomic mass is 35.5. The van der Waals surface area contributed by atoms with Gasteiger partial charge in [-0.25, -0.2) is 14.2 Å². The second kappa shape index (κ2) is 7.65. The fourth-order valence-electron chi connectivity index (χ4n) is 3.68. The number of anilines is 2. The summed E-state index contributed by atoms with van der Waals surface area (Å²) in [5.74, 6) is -1.06. The van der Waals surface area contributed by atoms with E-state index in [2.05, 4.69) is 9.83 Å².